The number of rotatable bonds is 3. The van der Waals surface area contributed by atoms with E-state index < -0.39 is 0 Å². The average molecular weight is 351 g/mol. The summed E-state index contributed by atoms with van der Waals surface area (Å²) in [4.78, 5) is 20.7. The first kappa shape index (κ1) is 16.4. The van der Waals surface area contributed by atoms with Gasteiger partial charge in [-0.3, -0.25) is 9.78 Å². The standard InChI is InChI=1S/C20H21N3O3/c24-20(4-2-16-1-3-18-19(15-16)26-14-13-25-18)23-11-9-22(10-12-23)17-5-7-21-8-6-17/h1-8,15H,9-14H2. The molecule has 0 atom stereocenters. The molecule has 0 aliphatic carbocycles. The molecule has 1 saturated heterocycles. The fourth-order valence-corrected chi connectivity index (χ4v) is 3.18. The predicted molar refractivity (Wildman–Crippen MR) is 99.5 cm³/mol. The van der Waals surface area contributed by atoms with E-state index in [0.29, 0.717) is 26.3 Å². The van der Waals surface area contributed by atoms with Crippen molar-refractivity contribution in [2.45, 2.75) is 0 Å². The van der Waals surface area contributed by atoms with E-state index in [1.54, 1.807) is 18.5 Å². The molecule has 0 bridgehead atoms. The van der Waals surface area contributed by atoms with E-state index in [0.717, 1.165) is 35.8 Å². The molecule has 6 nitrogen and oxygen atoms in total. The Hall–Kier alpha value is -3.02. The first-order valence-electron chi connectivity index (χ1n) is 8.81. The van der Waals surface area contributed by atoms with Crippen molar-refractivity contribution in [3.8, 4) is 11.5 Å². The van der Waals surface area contributed by atoms with E-state index in [-0.39, 0.29) is 5.91 Å². The second-order valence-corrected chi connectivity index (χ2v) is 6.25. The third kappa shape index (κ3) is 3.64. The molecule has 0 unspecified atom stereocenters. The molecule has 1 fully saturated rings. The lowest BCUT2D eigenvalue weighted by Crippen LogP contribution is -2.48. The quantitative estimate of drug-likeness (QED) is 0.794. The maximum absolute atomic E-state index is 12.5. The van der Waals surface area contributed by atoms with E-state index in [1.807, 2.05) is 41.3 Å². The third-order valence-corrected chi connectivity index (χ3v) is 4.60. The number of amides is 1. The van der Waals surface area contributed by atoms with Gasteiger partial charge in [0.05, 0.1) is 0 Å². The molecule has 6 heteroatoms. The van der Waals surface area contributed by atoms with Crippen molar-refractivity contribution in [2.24, 2.45) is 0 Å². The molecular formula is C20H21N3O3. The number of hydrogen-bond acceptors (Lipinski definition) is 5. The van der Waals surface area contributed by atoms with Gasteiger partial charge in [-0.25, -0.2) is 0 Å². The smallest absolute Gasteiger partial charge is 0.246 e. The number of carbonyl (C=O) groups is 1. The van der Waals surface area contributed by atoms with Crippen molar-refractivity contribution < 1.29 is 14.3 Å². The summed E-state index contributed by atoms with van der Waals surface area (Å²) in [5.74, 6) is 1.53. The Morgan fingerprint density at radius 1 is 0.962 bits per heavy atom. The molecule has 0 radical (unpaired) electrons. The highest BCUT2D eigenvalue weighted by molar-refractivity contribution is 5.92. The fraction of sp³-hybridized carbons (Fsp3) is 0.300. The lowest BCUT2D eigenvalue weighted by atomic mass is 10.1. The summed E-state index contributed by atoms with van der Waals surface area (Å²) in [5.41, 5.74) is 2.08. The van der Waals surface area contributed by atoms with Crippen LogP contribution in [0.2, 0.25) is 0 Å². The van der Waals surface area contributed by atoms with Gasteiger partial charge in [0.1, 0.15) is 13.2 Å². The molecule has 0 spiro atoms. The Kier molecular flexibility index (Phi) is 4.73. The summed E-state index contributed by atoms with van der Waals surface area (Å²) in [6, 6.07) is 9.71. The second kappa shape index (κ2) is 7.47. The van der Waals surface area contributed by atoms with Gasteiger partial charge in [0.25, 0.3) is 0 Å². The maximum Gasteiger partial charge on any atom is 0.246 e. The lowest BCUT2D eigenvalue weighted by molar-refractivity contribution is -0.126. The normalized spacial score (nSPS) is 16.8. The van der Waals surface area contributed by atoms with Crippen LogP contribution in [0, 0.1) is 0 Å². The zero-order valence-electron chi connectivity index (χ0n) is 14.5. The minimum absolute atomic E-state index is 0.0364. The average Bonchev–Trinajstić information content (AvgIpc) is 2.72. The number of nitrogens with zero attached hydrogens (tertiary/aromatic N) is 3. The third-order valence-electron chi connectivity index (χ3n) is 4.60. The number of hydrogen-bond donors (Lipinski definition) is 0. The summed E-state index contributed by atoms with van der Waals surface area (Å²) in [6.45, 7) is 4.22. The minimum atomic E-state index is 0.0364. The van der Waals surface area contributed by atoms with Gasteiger partial charge in [-0.15, -0.1) is 0 Å². The van der Waals surface area contributed by atoms with E-state index in [4.69, 9.17) is 9.47 Å². The van der Waals surface area contributed by atoms with Crippen LogP contribution in [-0.4, -0.2) is 55.2 Å². The van der Waals surface area contributed by atoms with Crippen LogP contribution in [0.3, 0.4) is 0 Å². The van der Waals surface area contributed by atoms with Crippen LogP contribution in [-0.2, 0) is 4.79 Å². The molecule has 0 N–H and O–H groups in total. The van der Waals surface area contributed by atoms with Gasteiger partial charge in [-0.1, -0.05) is 6.07 Å². The molecular weight excluding hydrogens is 330 g/mol. The molecule has 2 aromatic rings. The molecule has 0 saturated carbocycles. The van der Waals surface area contributed by atoms with Crippen LogP contribution >= 0.6 is 0 Å². The molecule has 4 rings (SSSR count). The molecule has 26 heavy (non-hydrogen) atoms. The number of piperazine rings is 1. The Bertz CT molecular complexity index is 799. The van der Waals surface area contributed by atoms with Crippen molar-refractivity contribution >= 4 is 17.7 Å². The first-order valence-corrected chi connectivity index (χ1v) is 8.81. The molecule has 3 heterocycles. The van der Waals surface area contributed by atoms with Crippen molar-refractivity contribution in [3.05, 3.63) is 54.4 Å². The maximum atomic E-state index is 12.5. The molecule has 1 amide bonds. The number of fused-ring (bicyclic) bond motifs is 1. The lowest BCUT2D eigenvalue weighted by Gasteiger charge is -2.35. The van der Waals surface area contributed by atoms with Crippen molar-refractivity contribution in [1.29, 1.82) is 0 Å². The Morgan fingerprint density at radius 3 is 2.46 bits per heavy atom. The topological polar surface area (TPSA) is 54.9 Å². The zero-order chi connectivity index (χ0) is 17.8. The van der Waals surface area contributed by atoms with Gasteiger partial charge in [0, 0.05) is 50.3 Å². The first-order chi connectivity index (χ1) is 12.8. The van der Waals surface area contributed by atoms with Crippen molar-refractivity contribution in [1.82, 2.24) is 9.88 Å². The highest BCUT2D eigenvalue weighted by Crippen LogP contribution is 2.31. The van der Waals surface area contributed by atoms with E-state index >= 15 is 0 Å². The van der Waals surface area contributed by atoms with Crippen molar-refractivity contribution in [3.63, 3.8) is 0 Å². The Morgan fingerprint density at radius 2 is 1.69 bits per heavy atom. The number of pyridine rings is 1. The Balaban J connectivity index is 1.35. The number of ether oxygens (including phenoxy) is 2. The molecule has 2 aliphatic heterocycles. The summed E-state index contributed by atoms with van der Waals surface area (Å²) in [5, 5.41) is 0. The summed E-state index contributed by atoms with van der Waals surface area (Å²) in [6.07, 6.45) is 7.05. The number of carbonyl (C=O) groups excluding carboxylic acids is 1. The van der Waals surface area contributed by atoms with Crippen LogP contribution in [0.15, 0.2) is 48.8 Å². The van der Waals surface area contributed by atoms with Gasteiger partial charge in [0.15, 0.2) is 11.5 Å². The van der Waals surface area contributed by atoms with Gasteiger partial charge in [-0.05, 0) is 35.9 Å². The van der Waals surface area contributed by atoms with E-state index in [9.17, 15) is 4.79 Å². The van der Waals surface area contributed by atoms with Gasteiger partial charge >= 0.3 is 0 Å². The number of benzene rings is 1. The fourth-order valence-electron chi connectivity index (χ4n) is 3.18. The van der Waals surface area contributed by atoms with E-state index in [2.05, 4.69) is 9.88 Å². The summed E-state index contributed by atoms with van der Waals surface area (Å²) >= 11 is 0. The number of anilines is 1. The SMILES string of the molecule is O=C(C=Cc1ccc2c(c1)OCCO2)N1CCN(c2ccncc2)CC1. The largest absolute Gasteiger partial charge is 0.486 e. The molecule has 1 aromatic heterocycles. The van der Waals surface area contributed by atoms with Crippen LogP contribution in [0.4, 0.5) is 5.69 Å². The minimum Gasteiger partial charge on any atom is -0.486 e. The second-order valence-electron chi connectivity index (χ2n) is 6.25. The Labute approximate surface area is 152 Å². The highest BCUT2D eigenvalue weighted by Gasteiger charge is 2.19. The molecule has 1 aromatic carbocycles. The predicted octanol–water partition coefficient (Wildman–Crippen LogP) is 2.21. The number of aromatic nitrogens is 1. The van der Waals surface area contributed by atoms with Gasteiger partial charge in [0.2, 0.25) is 5.91 Å². The molecule has 2 aliphatic rings. The molecule has 134 valence electrons. The van der Waals surface area contributed by atoms with Crippen molar-refractivity contribution in [2.75, 3.05) is 44.3 Å². The van der Waals surface area contributed by atoms with Gasteiger partial charge < -0.3 is 19.3 Å². The van der Waals surface area contributed by atoms with Crippen LogP contribution in [0.5, 0.6) is 11.5 Å². The highest BCUT2D eigenvalue weighted by atomic mass is 16.6. The van der Waals surface area contributed by atoms with E-state index in [1.165, 1.54) is 0 Å². The van der Waals surface area contributed by atoms with Crippen LogP contribution in [0.25, 0.3) is 6.08 Å². The zero-order valence-corrected chi connectivity index (χ0v) is 14.5. The van der Waals surface area contributed by atoms with Gasteiger partial charge in [-0.2, -0.15) is 0 Å². The van der Waals surface area contributed by atoms with Crippen LogP contribution in [0.1, 0.15) is 5.56 Å². The summed E-state index contributed by atoms with van der Waals surface area (Å²) < 4.78 is 11.1. The van der Waals surface area contributed by atoms with Crippen LogP contribution < -0.4 is 14.4 Å². The monoisotopic (exact) mass is 351 g/mol. The summed E-state index contributed by atoms with van der Waals surface area (Å²) in [7, 11) is 0.